The van der Waals surface area contributed by atoms with Gasteiger partial charge in [-0.25, -0.2) is 22.8 Å². The van der Waals surface area contributed by atoms with Crippen LogP contribution in [0.3, 0.4) is 0 Å². The molecule has 0 aliphatic carbocycles. The number of nitrogens with zero attached hydrogens (tertiary/aromatic N) is 3. The van der Waals surface area contributed by atoms with Gasteiger partial charge in [-0.05, 0) is 47.9 Å². The fourth-order valence-electron chi connectivity index (χ4n) is 4.06. The molecule has 0 saturated heterocycles. The molecule has 13 heteroatoms. The Labute approximate surface area is 241 Å². The van der Waals surface area contributed by atoms with Gasteiger partial charge in [-0.3, -0.25) is 18.9 Å². The van der Waals surface area contributed by atoms with Crippen molar-refractivity contribution in [1.82, 2.24) is 19.9 Å². The number of carbonyl (C=O) groups is 1. The van der Waals surface area contributed by atoms with E-state index >= 15 is 0 Å². The van der Waals surface area contributed by atoms with Crippen molar-refractivity contribution >= 4 is 44.1 Å². The first-order valence-corrected chi connectivity index (χ1v) is 14.5. The number of hydrogen-bond acceptors (Lipinski definition) is 7. The lowest BCUT2D eigenvalue weighted by Gasteiger charge is -2.15. The summed E-state index contributed by atoms with van der Waals surface area (Å²) < 4.78 is 48.6. The number of amides is 1. The summed E-state index contributed by atoms with van der Waals surface area (Å²) in [7, 11) is -2.90. The van der Waals surface area contributed by atoms with Gasteiger partial charge in [-0.2, -0.15) is 0 Å². The first-order chi connectivity index (χ1) is 19.4. The number of halogens is 2. The van der Waals surface area contributed by atoms with Crippen LogP contribution in [0.1, 0.15) is 20.8 Å². The molecule has 0 radical (unpaired) electrons. The van der Waals surface area contributed by atoms with Gasteiger partial charge in [0.1, 0.15) is 16.4 Å². The van der Waals surface area contributed by atoms with Crippen molar-refractivity contribution in [3.63, 3.8) is 0 Å². The topological polar surface area (TPSA) is 132 Å². The number of benzene rings is 2. The highest BCUT2D eigenvalue weighted by Gasteiger charge is 2.22. The van der Waals surface area contributed by atoms with Crippen LogP contribution in [-0.2, 0) is 21.4 Å². The maximum absolute atomic E-state index is 13.5. The van der Waals surface area contributed by atoms with Crippen LogP contribution in [0.2, 0.25) is 5.02 Å². The lowest BCUT2D eigenvalue weighted by Crippen LogP contribution is -2.35. The van der Waals surface area contributed by atoms with Gasteiger partial charge in [-0.15, -0.1) is 0 Å². The van der Waals surface area contributed by atoms with Crippen LogP contribution in [0, 0.1) is 17.7 Å². The van der Waals surface area contributed by atoms with E-state index in [9.17, 15) is 22.4 Å². The Morgan fingerprint density at radius 2 is 1.85 bits per heavy atom. The normalized spacial score (nSPS) is 12.4. The number of nitrogens with one attached hydrogen (secondary N) is 2. The van der Waals surface area contributed by atoms with E-state index in [0.717, 1.165) is 18.2 Å². The Hall–Kier alpha value is -4.03. The lowest BCUT2D eigenvalue weighted by atomic mass is 10.0. The molecule has 1 atom stereocenters. The number of methoxy groups -OCH3 is 1. The van der Waals surface area contributed by atoms with Crippen LogP contribution in [0.5, 0.6) is 5.88 Å². The Morgan fingerprint density at radius 3 is 2.54 bits per heavy atom. The van der Waals surface area contributed by atoms with Gasteiger partial charge >= 0.3 is 0 Å². The Balaban J connectivity index is 1.67. The molecule has 0 aliphatic heterocycles. The molecule has 10 nitrogen and oxygen atoms in total. The average molecular weight is 602 g/mol. The highest BCUT2D eigenvalue weighted by atomic mass is 35.5. The van der Waals surface area contributed by atoms with Gasteiger partial charge in [-0.1, -0.05) is 38.4 Å². The second-order valence-electron chi connectivity index (χ2n) is 9.94. The smallest absolute Gasteiger partial charge is 0.263 e. The highest BCUT2D eigenvalue weighted by molar-refractivity contribution is 7.92. The highest BCUT2D eigenvalue weighted by Crippen LogP contribution is 2.32. The molecule has 1 amide bonds. The molecule has 2 aromatic carbocycles. The lowest BCUT2D eigenvalue weighted by molar-refractivity contribution is -0.125. The molecule has 0 fully saturated rings. The first kappa shape index (κ1) is 29.9. The molecule has 2 heterocycles. The van der Waals surface area contributed by atoms with Crippen molar-refractivity contribution in [3.05, 3.63) is 76.2 Å². The van der Waals surface area contributed by atoms with E-state index in [1.165, 1.54) is 30.3 Å². The van der Waals surface area contributed by atoms with Gasteiger partial charge in [0, 0.05) is 24.8 Å². The van der Waals surface area contributed by atoms with E-state index in [1.54, 1.807) is 25.1 Å². The fourth-order valence-corrected chi connectivity index (χ4v) is 5.64. The minimum Gasteiger partial charge on any atom is -0.480 e. The van der Waals surface area contributed by atoms with Crippen molar-refractivity contribution in [3.8, 4) is 17.0 Å². The van der Waals surface area contributed by atoms with Crippen LogP contribution in [0.4, 0.5) is 10.1 Å². The second-order valence-corrected chi connectivity index (χ2v) is 12.0. The molecule has 2 aromatic heterocycles. The summed E-state index contributed by atoms with van der Waals surface area (Å²) in [5.74, 6) is -0.988. The Kier molecular flexibility index (Phi) is 8.93. The number of sulfonamides is 1. The van der Waals surface area contributed by atoms with Crippen LogP contribution in [0.25, 0.3) is 22.0 Å². The fraction of sp³-hybridized carbons (Fsp3) is 0.286. The van der Waals surface area contributed by atoms with Gasteiger partial charge in [0.05, 0.1) is 35.3 Å². The summed E-state index contributed by atoms with van der Waals surface area (Å²) in [6.07, 6.45) is 2.89. The molecular weight excluding hydrogens is 573 g/mol. The number of pyridine rings is 1. The molecule has 0 saturated carbocycles. The van der Waals surface area contributed by atoms with E-state index in [4.69, 9.17) is 16.3 Å². The molecule has 4 aromatic rings. The zero-order valence-corrected chi connectivity index (χ0v) is 24.4. The van der Waals surface area contributed by atoms with E-state index in [-0.39, 0.29) is 39.5 Å². The molecule has 216 valence electrons. The molecule has 0 aliphatic rings. The molecule has 0 unspecified atom stereocenters. The number of fused-ring (bicyclic) bond motifs is 1. The van der Waals surface area contributed by atoms with Gasteiger partial charge in [0.2, 0.25) is 11.8 Å². The number of anilines is 1. The van der Waals surface area contributed by atoms with E-state index < -0.39 is 21.8 Å². The van der Waals surface area contributed by atoms with Crippen LogP contribution in [0.15, 0.2) is 64.7 Å². The standard InChI is InChI=1S/C28H29ClFN5O5S/c1-16(2)12-31-26(36)17(3)14-35-15-33-23-7-5-18(9-21(23)28(35)37)19-10-24(27(40-4)32-13-19)34-41(38,39)25-8-6-20(30)11-22(25)29/h5-11,13,15-17,34H,12,14H2,1-4H3,(H,31,36)/t17-/m1/s1. The predicted molar refractivity (Wildman–Crippen MR) is 155 cm³/mol. The molecule has 4 rings (SSSR count). The largest absolute Gasteiger partial charge is 0.480 e. The van der Waals surface area contributed by atoms with Crippen LogP contribution in [-0.4, -0.2) is 42.5 Å². The van der Waals surface area contributed by atoms with Gasteiger partial charge in [0.15, 0.2) is 0 Å². The third-order valence-corrected chi connectivity index (χ3v) is 8.08. The summed E-state index contributed by atoms with van der Waals surface area (Å²) in [5.41, 5.74) is 1.18. The minimum absolute atomic E-state index is 0.00917. The van der Waals surface area contributed by atoms with E-state index in [1.807, 2.05) is 13.8 Å². The third kappa shape index (κ3) is 6.83. The summed E-state index contributed by atoms with van der Waals surface area (Å²) in [4.78, 5) is 34.0. The Morgan fingerprint density at radius 1 is 1.10 bits per heavy atom. The maximum atomic E-state index is 13.5. The van der Waals surface area contributed by atoms with Crippen molar-refractivity contribution < 1.29 is 22.3 Å². The number of aromatic nitrogens is 3. The van der Waals surface area contributed by atoms with Gasteiger partial charge < -0.3 is 10.1 Å². The number of carbonyl (C=O) groups excluding carboxylic acids is 1. The van der Waals surface area contributed by atoms with Crippen LogP contribution < -0.4 is 20.3 Å². The maximum Gasteiger partial charge on any atom is 0.263 e. The van der Waals surface area contributed by atoms with Crippen molar-refractivity contribution in [2.75, 3.05) is 18.4 Å². The summed E-state index contributed by atoms with van der Waals surface area (Å²) in [6, 6.07) is 9.46. The predicted octanol–water partition coefficient (Wildman–Crippen LogP) is 4.47. The molecular formula is C28H29ClFN5O5S. The summed E-state index contributed by atoms with van der Waals surface area (Å²) in [6.45, 7) is 6.43. The molecule has 2 N–H and O–H groups in total. The molecule has 41 heavy (non-hydrogen) atoms. The number of rotatable bonds is 10. The van der Waals surface area contributed by atoms with E-state index in [0.29, 0.717) is 34.5 Å². The average Bonchev–Trinajstić information content (AvgIpc) is 2.92. The van der Waals surface area contributed by atoms with Crippen molar-refractivity contribution in [2.45, 2.75) is 32.2 Å². The Bertz CT molecular complexity index is 1780. The monoisotopic (exact) mass is 601 g/mol. The van der Waals surface area contributed by atoms with Crippen LogP contribution >= 0.6 is 11.6 Å². The zero-order chi connectivity index (χ0) is 29.9. The second kappa shape index (κ2) is 12.2. The van der Waals surface area contributed by atoms with Crippen molar-refractivity contribution in [2.24, 2.45) is 11.8 Å². The first-order valence-electron chi connectivity index (χ1n) is 12.7. The zero-order valence-electron chi connectivity index (χ0n) is 22.8. The molecule has 0 spiro atoms. The SMILES string of the molecule is COc1ncc(-c2ccc3ncn(C[C@@H](C)C(=O)NCC(C)C)c(=O)c3c2)cc1NS(=O)(=O)c1ccc(F)cc1Cl. The molecule has 0 bridgehead atoms. The minimum atomic E-state index is -4.23. The third-order valence-electron chi connectivity index (χ3n) is 6.23. The summed E-state index contributed by atoms with van der Waals surface area (Å²) in [5, 5.41) is 2.90. The van der Waals surface area contributed by atoms with E-state index in [2.05, 4.69) is 20.0 Å². The quantitative estimate of drug-likeness (QED) is 0.274. The van der Waals surface area contributed by atoms with Gasteiger partial charge in [0.25, 0.3) is 15.6 Å². The number of hydrogen-bond donors (Lipinski definition) is 2. The van der Waals surface area contributed by atoms with Crippen molar-refractivity contribution in [1.29, 1.82) is 0 Å². The number of ether oxygens (including phenoxy) is 1. The summed E-state index contributed by atoms with van der Waals surface area (Å²) >= 11 is 5.98.